The van der Waals surface area contributed by atoms with E-state index in [1.807, 2.05) is 6.92 Å². The summed E-state index contributed by atoms with van der Waals surface area (Å²) in [5, 5.41) is 26.8. The number of piperazine rings is 1. The third-order valence-electron chi connectivity index (χ3n) is 5.80. The van der Waals surface area contributed by atoms with E-state index in [0.29, 0.717) is 6.42 Å². The van der Waals surface area contributed by atoms with E-state index in [9.17, 15) is 5.11 Å². The van der Waals surface area contributed by atoms with Gasteiger partial charge in [-0.25, -0.2) is 14.6 Å². The molecule has 34 heavy (non-hydrogen) atoms. The van der Waals surface area contributed by atoms with Gasteiger partial charge in [-0.2, -0.15) is 0 Å². The number of aliphatic hydroxyl groups excluding tert-OH is 1. The Bertz CT molecular complexity index is 1110. The summed E-state index contributed by atoms with van der Waals surface area (Å²) in [6, 6.07) is 19.2. The number of hydrogen-bond donors (Lipinski definition) is 3. The Morgan fingerprint density at radius 1 is 0.971 bits per heavy atom. The second-order valence-corrected chi connectivity index (χ2v) is 8.33. The fourth-order valence-corrected chi connectivity index (χ4v) is 4.00. The molecule has 3 aromatic rings. The summed E-state index contributed by atoms with van der Waals surface area (Å²) in [5.41, 5.74) is 3.28. The summed E-state index contributed by atoms with van der Waals surface area (Å²) in [7, 11) is 0. The Morgan fingerprint density at radius 3 is 2.15 bits per heavy atom. The highest BCUT2D eigenvalue weighted by Crippen LogP contribution is 2.31. The number of aromatic nitrogens is 1. The number of carboxylic acids is 2. The zero-order valence-electron chi connectivity index (χ0n) is 19.5. The molecule has 0 amide bonds. The maximum absolute atomic E-state index is 9.61. The molecule has 0 spiro atoms. The SMILES string of the molecule is CCN1CCN(c2nc(-c3ccc(CC(C)O)cc3)cc3ccccc23)CC1.O=C(O)C(=O)O. The van der Waals surface area contributed by atoms with Crippen LogP contribution >= 0.6 is 0 Å². The molecule has 0 bridgehead atoms. The molecule has 0 radical (unpaired) electrons. The Kier molecular flexibility index (Phi) is 8.56. The van der Waals surface area contributed by atoms with Gasteiger partial charge in [-0.05, 0) is 36.9 Å². The molecule has 1 fully saturated rings. The smallest absolute Gasteiger partial charge is 0.414 e. The first-order valence-electron chi connectivity index (χ1n) is 11.4. The van der Waals surface area contributed by atoms with Gasteiger partial charge in [0, 0.05) is 37.1 Å². The Balaban J connectivity index is 0.000000481. The van der Waals surface area contributed by atoms with Gasteiger partial charge in [0.25, 0.3) is 0 Å². The zero-order valence-corrected chi connectivity index (χ0v) is 19.5. The molecule has 2 aromatic carbocycles. The molecule has 8 nitrogen and oxygen atoms in total. The molecule has 2 heterocycles. The fraction of sp³-hybridized carbons (Fsp3) is 0.346. The zero-order chi connectivity index (χ0) is 24.7. The quantitative estimate of drug-likeness (QED) is 0.493. The summed E-state index contributed by atoms with van der Waals surface area (Å²) in [6.45, 7) is 9.37. The molecule has 8 heteroatoms. The van der Waals surface area contributed by atoms with Crippen LogP contribution < -0.4 is 4.90 Å². The van der Waals surface area contributed by atoms with Crippen molar-refractivity contribution in [3.63, 3.8) is 0 Å². The minimum atomic E-state index is -1.82. The number of fused-ring (bicyclic) bond motifs is 1. The first-order valence-corrected chi connectivity index (χ1v) is 11.4. The van der Waals surface area contributed by atoms with Crippen molar-refractivity contribution in [1.29, 1.82) is 0 Å². The van der Waals surface area contributed by atoms with Crippen LogP contribution in [-0.2, 0) is 16.0 Å². The molecule has 1 saturated heterocycles. The van der Waals surface area contributed by atoms with Crippen molar-refractivity contribution >= 4 is 28.5 Å². The van der Waals surface area contributed by atoms with Gasteiger partial charge >= 0.3 is 11.9 Å². The standard InChI is InChI=1S/C24H29N3O.C2H2O4/c1-3-26-12-14-27(15-13-26)24-22-7-5-4-6-21(22)17-23(25-24)20-10-8-19(9-11-20)16-18(2)28;3-1(4)2(5)6/h4-11,17-18,28H,3,12-16H2,1-2H3;(H,3,4)(H,5,6). The van der Waals surface area contributed by atoms with Gasteiger partial charge in [0.15, 0.2) is 0 Å². The lowest BCUT2D eigenvalue weighted by Crippen LogP contribution is -2.46. The number of pyridine rings is 1. The molecule has 180 valence electrons. The van der Waals surface area contributed by atoms with Crippen molar-refractivity contribution in [1.82, 2.24) is 9.88 Å². The van der Waals surface area contributed by atoms with Gasteiger partial charge in [0.1, 0.15) is 5.82 Å². The Labute approximate surface area is 199 Å². The lowest BCUT2D eigenvalue weighted by atomic mass is 10.0. The lowest BCUT2D eigenvalue weighted by Gasteiger charge is -2.35. The van der Waals surface area contributed by atoms with Gasteiger partial charge in [-0.1, -0.05) is 55.5 Å². The van der Waals surface area contributed by atoms with E-state index in [1.54, 1.807) is 0 Å². The fourth-order valence-electron chi connectivity index (χ4n) is 4.00. The van der Waals surface area contributed by atoms with Crippen LogP contribution in [0.1, 0.15) is 19.4 Å². The molecular weight excluding hydrogens is 434 g/mol. The predicted molar refractivity (Wildman–Crippen MR) is 132 cm³/mol. The number of rotatable bonds is 5. The van der Waals surface area contributed by atoms with Crippen molar-refractivity contribution in [2.45, 2.75) is 26.4 Å². The van der Waals surface area contributed by atoms with E-state index >= 15 is 0 Å². The van der Waals surface area contributed by atoms with Gasteiger partial charge in [-0.15, -0.1) is 0 Å². The third kappa shape index (κ3) is 6.52. The summed E-state index contributed by atoms with van der Waals surface area (Å²) >= 11 is 0. The van der Waals surface area contributed by atoms with Gasteiger partial charge in [0.05, 0.1) is 11.8 Å². The maximum atomic E-state index is 9.61. The van der Waals surface area contributed by atoms with Crippen LogP contribution in [0.3, 0.4) is 0 Å². The van der Waals surface area contributed by atoms with E-state index in [1.165, 1.54) is 10.8 Å². The van der Waals surface area contributed by atoms with E-state index < -0.39 is 11.9 Å². The number of carboxylic acid groups (broad SMARTS) is 2. The van der Waals surface area contributed by atoms with E-state index in [0.717, 1.165) is 55.4 Å². The summed E-state index contributed by atoms with van der Waals surface area (Å²) in [6.07, 6.45) is 0.358. The van der Waals surface area contributed by atoms with Crippen molar-refractivity contribution < 1.29 is 24.9 Å². The summed E-state index contributed by atoms with van der Waals surface area (Å²) < 4.78 is 0. The second kappa shape index (κ2) is 11.6. The second-order valence-electron chi connectivity index (χ2n) is 8.33. The third-order valence-corrected chi connectivity index (χ3v) is 5.80. The molecule has 1 aliphatic rings. The van der Waals surface area contributed by atoms with Crippen molar-refractivity contribution in [3.8, 4) is 11.3 Å². The molecule has 1 atom stereocenters. The van der Waals surface area contributed by atoms with E-state index in [2.05, 4.69) is 71.3 Å². The number of carbonyl (C=O) groups is 2. The predicted octanol–water partition coefficient (Wildman–Crippen LogP) is 3.12. The summed E-state index contributed by atoms with van der Waals surface area (Å²) in [5.74, 6) is -2.55. The molecule has 0 saturated carbocycles. The molecular formula is C26H31N3O5. The van der Waals surface area contributed by atoms with Crippen molar-refractivity contribution in [3.05, 3.63) is 60.2 Å². The first kappa shape index (κ1) is 25.1. The number of aliphatic hydroxyl groups is 1. The number of hydrogen-bond acceptors (Lipinski definition) is 6. The maximum Gasteiger partial charge on any atom is 0.414 e. The van der Waals surface area contributed by atoms with Gasteiger partial charge in [-0.3, -0.25) is 0 Å². The number of benzene rings is 2. The average Bonchev–Trinajstić information content (AvgIpc) is 2.84. The van der Waals surface area contributed by atoms with Crippen LogP contribution in [0.5, 0.6) is 0 Å². The molecule has 4 rings (SSSR count). The molecule has 0 aliphatic carbocycles. The topological polar surface area (TPSA) is 114 Å². The average molecular weight is 466 g/mol. The monoisotopic (exact) mass is 465 g/mol. The minimum Gasteiger partial charge on any atom is -0.473 e. The molecule has 1 aliphatic heterocycles. The van der Waals surface area contributed by atoms with Gasteiger partial charge in [0.2, 0.25) is 0 Å². The number of aliphatic carboxylic acids is 2. The van der Waals surface area contributed by atoms with E-state index in [4.69, 9.17) is 24.8 Å². The van der Waals surface area contributed by atoms with Gasteiger partial charge < -0.3 is 25.1 Å². The normalized spacial score (nSPS) is 14.9. The van der Waals surface area contributed by atoms with Crippen LogP contribution in [0.25, 0.3) is 22.0 Å². The lowest BCUT2D eigenvalue weighted by molar-refractivity contribution is -0.159. The van der Waals surface area contributed by atoms with Crippen LogP contribution in [0.4, 0.5) is 5.82 Å². The number of nitrogens with zero attached hydrogens (tertiary/aromatic N) is 3. The van der Waals surface area contributed by atoms with E-state index in [-0.39, 0.29) is 6.10 Å². The van der Waals surface area contributed by atoms with Crippen LogP contribution in [0.2, 0.25) is 0 Å². The molecule has 1 aromatic heterocycles. The molecule has 1 unspecified atom stereocenters. The molecule has 3 N–H and O–H groups in total. The van der Waals surface area contributed by atoms with Crippen LogP contribution in [-0.4, -0.2) is 76.0 Å². The van der Waals surface area contributed by atoms with Crippen LogP contribution in [0.15, 0.2) is 54.6 Å². The van der Waals surface area contributed by atoms with Crippen LogP contribution in [0, 0.1) is 0 Å². The summed E-state index contributed by atoms with van der Waals surface area (Å²) in [4.78, 5) is 28.2. The number of likely N-dealkylation sites (N-methyl/N-ethyl adjacent to an activating group) is 1. The highest BCUT2D eigenvalue weighted by molar-refractivity contribution is 6.27. The minimum absolute atomic E-state index is 0.321. The highest BCUT2D eigenvalue weighted by atomic mass is 16.4. The van der Waals surface area contributed by atoms with Crippen molar-refractivity contribution in [2.24, 2.45) is 0 Å². The highest BCUT2D eigenvalue weighted by Gasteiger charge is 2.19. The Hall–Kier alpha value is -3.49. The van der Waals surface area contributed by atoms with Crippen molar-refractivity contribution in [2.75, 3.05) is 37.6 Å². The first-order chi connectivity index (χ1) is 16.3. The largest absolute Gasteiger partial charge is 0.473 e. The Morgan fingerprint density at radius 2 is 1.59 bits per heavy atom. The number of anilines is 1.